The molecule has 0 aromatic carbocycles. The van der Waals surface area contributed by atoms with Gasteiger partial charge in [-0.25, -0.2) is 0 Å². The molecule has 2 saturated heterocycles. The first kappa shape index (κ1) is 16.2. The number of nitrogens with one attached hydrogen (secondary N) is 1. The summed E-state index contributed by atoms with van der Waals surface area (Å²) in [7, 11) is 0. The quantitative estimate of drug-likeness (QED) is 0.923. The maximum atomic E-state index is 3.48. The van der Waals surface area contributed by atoms with E-state index < -0.39 is 0 Å². The Hall–Kier alpha value is -0.130. The van der Waals surface area contributed by atoms with Gasteiger partial charge < -0.3 is 5.32 Å². The number of piperazine rings is 1. The number of nitrogens with zero attached hydrogens (tertiary/aromatic N) is 2. The summed E-state index contributed by atoms with van der Waals surface area (Å²) in [6, 6.07) is 3.17. The third-order valence-electron chi connectivity index (χ3n) is 4.50. The first-order valence-electron chi connectivity index (χ1n) is 7.45. The molecule has 5 heteroatoms. The van der Waals surface area contributed by atoms with Crippen LogP contribution in [-0.2, 0) is 6.54 Å². The van der Waals surface area contributed by atoms with Crippen LogP contribution in [0.2, 0.25) is 0 Å². The van der Waals surface area contributed by atoms with Gasteiger partial charge in [-0.3, -0.25) is 9.80 Å². The lowest BCUT2D eigenvalue weighted by atomic mass is 10.1. The molecule has 3 rings (SSSR count). The highest BCUT2D eigenvalue weighted by Gasteiger charge is 2.26. The second kappa shape index (κ2) is 7.23. The summed E-state index contributed by atoms with van der Waals surface area (Å²) in [5, 5.41) is 3.48. The summed E-state index contributed by atoms with van der Waals surface area (Å²) in [5.74, 6) is 0. The van der Waals surface area contributed by atoms with Crippen molar-refractivity contribution in [2.45, 2.75) is 32.9 Å². The predicted octanol–water partition coefficient (Wildman–Crippen LogP) is 2.27. The monoisotopic (exact) mass is 315 g/mol. The van der Waals surface area contributed by atoms with Crippen molar-refractivity contribution in [2.24, 2.45) is 0 Å². The summed E-state index contributed by atoms with van der Waals surface area (Å²) < 4.78 is 0. The second-order valence-corrected chi connectivity index (χ2v) is 7.36. The molecule has 0 saturated carbocycles. The minimum Gasteiger partial charge on any atom is -0.315 e. The Balaban J connectivity index is 0.00000147. The third kappa shape index (κ3) is 3.74. The van der Waals surface area contributed by atoms with Crippen molar-refractivity contribution in [2.75, 3.05) is 39.3 Å². The van der Waals surface area contributed by atoms with Gasteiger partial charge in [0.2, 0.25) is 0 Å². The van der Waals surface area contributed by atoms with Crippen LogP contribution in [0.15, 0.2) is 6.07 Å². The lowest BCUT2D eigenvalue weighted by Crippen LogP contribution is -2.50. The number of halogens is 1. The fourth-order valence-electron chi connectivity index (χ4n) is 3.32. The molecule has 1 aromatic heterocycles. The molecule has 114 valence electrons. The maximum Gasteiger partial charge on any atom is 0.0245 e. The third-order valence-corrected chi connectivity index (χ3v) is 5.50. The first-order chi connectivity index (χ1) is 9.22. The van der Waals surface area contributed by atoms with E-state index in [2.05, 4.69) is 35.0 Å². The highest BCUT2D eigenvalue weighted by molar-refractivity contribution is 7.12. The smallest absolute Gasteiger partial charge is 0.0245 e. The van der Waals surface area contributed by atoms with Crippen molar-refractivity contribution < 1.29 is 0 Å². The van der Waals surface area contributed by atoms with Gasteiger partial charge in [0.15, 0.2) is 0 Å². The molecule has 2 aliphatic rings. The number of hydrogen-bond acceptors (Lipinski definition) is 4. The highest BCUT2D eigenvalue weighted by Crippen LogP contribution is 2.22. The maximum absolute atomic E-state index is 3.48. The number of rotatable bonds is 3. The van der Waals surface area contributed by atoms with E-state index in [-0.39, 0.29) is 12.4 Å². The molecule has 3 nitrogen and oxygen atoms in total. The molecule has 2 aliphatic heterocycles. The average Bonchev–Trinajstić information content (AvgIpc) is 3.01. The van der Waals surface area contributed by atoms with Gasteiger partial charge >= 0.3 is 0 Å². The Labute approximate surface area is 132 Å². The van der Waals surface area contributed by atoms with E-state index in [1.165, 1.54) is 55.4 Å². The summed E-state index contributed by atoms with van der Waals surface area (Å²) in [5.41, 5.74) is 1.54. The molecule has 0 bridgehead atoms. The van der Waals surface area contributed by atoms with Gasteiger partial charge in [0.05, 0.1) is 0 Å². The first-order valence-corrected chi connectivity index (χ1v) is 8.27. The van der Waals surface area contributed by atoms with Crippen molar-refractivity contribution in [3.63, 3.8) is 0 Å². The number of thiophene rings is 1. The molecule has 1 unspecified atom stereocenters. The van der Waals surface area contributed by atoms with Crippen molar-refractivity contribution in [3.05, 3.63) is 21.4 Å². The summed E-state index contributed by atoms with van der Waals surface area (Å²) in [6.07, 6.45) is 1.34. The van der Waals surface area contributed by atoms with E-state index in [4.69, 9.17) is 0 Å². The van der Waals surface area contributed by atoms with E-state index in [1.54, 1.807) is 5.56 Å². The normalized spacial score (nSPS) is 24.8. The zero-order valence-corrected chi connectivity index (χ0v) is 14.2. The molecule has 3 heterocycles. The standard InChI is InChI=1S/C15H25N3S.ClH/c1-12-9-14(13(2)19-12)11-17-5-7-18(8-6-17)15-3-4-16-10-15;/h9,15-16H,3-8,10-11H2,1-2H3;1H. The Bertz CT molecular complexity index is 421. The van der Waals surface area contributed by atoms with Crippen LogP contribution in [0.5, 0.6) is 0 Å². The van der Waals surface area contributed by atoms with Crippen LogP contribution >= 0.6 is 23.7 Å². The van der Waals surface area contributed by atoms with E-state index in [0.717, 1.165) is 12.6 Å². The van der Waals surface area contributed by atoms with Crippen LogP contribution in [0.4, 0.5) is 0 Å². The van der Waals surface area contributed by atoms with E-state index in [1.807, 2.05) is 11.3 Å². The van der Waals surface area contributed by atoms with Gasteiger partial charge in [0, 0.05) is 55.1 Å². The molecule has 0 aliphatic carbocycles. The number of aryl methyl sites for hydroxylation is 2. The molecule has 1 aromatic rings. The molecule has 2 fully saturated rings. The average molecular weight is 316 g/mol. The van der Waals surface area contributed by atoms with Crippen LogP contribution in [-0.4, -0.2) is 55.1 Å². The van der Waals surface area contributed by atoms with Crippen molar-refractivity contribution in [3.8, 4) is 0 Å². The molecule has 0 spiro atoms. The summed E-state index contributed by atoms with van der Waals surface area (Å²) in [6.45, 7) is 13.0. The van der Waals surface area contributed by atoms with Crippen molar-refractivity contribution in [1.82, 2.24) is 15.1 Å². The Kier molecular flexibility index (Phi) is 5.87. The van der Waals surface area contributed by atoms with Gasteiger partial charge in [-0.2, -0.15) is 0 Å². The van der Waals surface area contributed by atoms with Crippen LogP contribution in [0.25, 0.3) is 0 Å². The predicted molar refractivity (Wildman–Crippen MR) is 89.2 cm³/mol. The Morgan fingerprint density at radius 1 is 1.25 bits per heavy atom. The van der Waals surface area contributed by atoms with Gasteiger partial charge in [-0.05, 0) is 38.4 Å². The van der Waals surface area contributed by atoms with Crippen LogP contribution in [0.3, 0.4) is 0 Å². The van der Waals surface area contributed by atoms with Crippen LogP contribution < -0.4 is 5.32 Å². The van der Waals surface area contributed by atoms with E-state index in [9.17, 15) is 0 Å². The summed E-state index contributed by atoms with van der Waals surface area (Å²) >= 11 is 1.93. The van der Waals surface area contributed by atoms with Gasteiger partial charge in [0.25, 0.3) is 0 Å². The van der Waals surface area contributed by atoms with Crippen molar-refractivity contribution >= 4 is 23.7 Å². The highest BCUT2D eigenvalue weighted by atomic mass is 35.5. The molecular weight excluding hydrogens is 290 g/mol. The minimum atomic E-state index is 0. The Morgan fingerprint density at radius 2 is 2.00 bits per heavy atom. The molecule has 1 atom stereocenters. The van der Waals surface area contributed by atoms with Gasteiger partial charge in [-0.1, -0.05) is 0 Å². The van der Waals surface area contributed by atoms with Crippen LogP contribution in [0, 0.1) is 13.8 Å². The Morgan fingerprint density at radius 3 is 2.55 bits per heavy atom. The topological polar surface area (TPSA) is 18.5 Å². The molecule has 20 heavy (non-hydrogen) atoms. The number of hydrogen-bond donors (Lipinski definition) is 1. The zero-order chi connectivity index (χ0) is 13.2. The van der Waals surface area contributed by atoms with Gasteiger partial charge in [-0.15, -0.1) is 23.7 Å². The lowest BCUT2D eigenvalue weighted by Gasteiger charge is -2.37. The molecular formula is C15H26ClN3S. The fraction of sp³-hybridized carbons (Fsp3) is 0.733. The van der Waals surface area contributed by atoms with E-state index >= 15 is 0 Å². The van der Waals surface area contributed by atoms with E-state index in [0.29, 0.717) is 0 Å². The molecule has 0 amide bonds. The second-order valence-electron chi connectivity index (χ2n) is 5.90. The molecule has 1 N–H and O–H groups in total. The van der Waals surface area contributed by atoms with Crippen molar-refractivity contribution in [1.29, 1.82) is 0 Å². The largest absolute Gasteiger partial charge is 0.315 e. The van der Waals surface area contributed by atoms with Crippen LogP contribution in [0.1, 0.15) is 21.7 Å². The fourth-order valence-corrected chi connectivity index (χ4v) is 4.26. The SMILES string of the molecule is Cc1cc(CN2CCN(C3CCNC3)CC2)c(C)s1.Cl. The van der Waals surface area contributed by atoms with Gasteiger partial charge in [0.1, 0.15) is 0 Å². The summed E-state index contributed by atoms with van der Waals surface area (Å²) in [4.78, 5) is 8.25. The minimum absolute atomic E-state index is 0. The zero-order valence-electron chi connectivity index (χ0n) is 12.5. The lowest BCUT2D eigenvalue weighted by molar-refractivity contribution is 0.0981. The molecule has 0 radical (unpaired) electrons.